The van der Waals surface area contributed by atoms with E-state index in [0.717, 1.165) is 0 Å². The Bertz CT molecular complexity index is 590. The van der Waals surface area contributed by atoms with Gasteiger partial charge in [0.15, 0.2) is 0 Å². The van der Waals surface area contributed by atoms with Crippen molar-refractivity contribution in [2.45, 2.75) is 13.5 Å². The van der Waals surface area contributed by atoms with Gasteiger partial charge >= 0.3 is 5.69 Å². The van der Waals surface area contributed by atoms with Gasteiger partial charge in [0.2, 0.25) is 5.82 Å². The van der Waals surface area contributed by atoms with Crippen LogP contribution in [0.5, 0.6) is 0 Å². The first kappa shape index (κ1) is 13.7. The van der Waals surface area contributed by atoms with Gasteiger partial charge in [-0.1, -0.05) is 0 Å². The van der Waals surface area contributed by atoms with Gasteiger partial charge in [-0.15, -0.1) is 0 Å². The largest absolute Gasteiger partial charge is 0.370 e. The Kier molecular flexibility index (Phi) is 4.38. The van der Waals surface area contributed by atoms with Crippen LogP contribution in [0.2, 0.25) is 0 Å². The minimum absolute atomic E-state index is 0.0736. The summed E-state index contributed by atoms with van der Waals surface area (Å²) in [7, 11) is 0. The molecule has 0 aromatic carbocycles. The fourth-order valence-electron chi connectivity index (χ4n) is 1.61. The number of rotatable bonds is 6. The number of pyridine rings is 1. The van der Waals surface area contributed by atoms with Crippen LogP contribution < -0.4 is 10.6 Å². The summed E-state index contributed by atoms with van der Waals surface area (Å²) < 4.78 is 0. The molecule has 0 spiro atoms. The maximum atomic E-state index is 11.0. The Labute approximate surface area is 115 Å². The molecule has 0 aliphatic heterocycles. The molecule has 2 heterocycles. The van der Waals surface area contributed by atoms with E-state index in [2.05, 4.69) is 25.8 Å². The number of hydrogen-bond acceptors (Lipinski definition) is 7. The van der Waals surface area contributed by atoms with E-state index >= 15 is 0 Å². The van der Waals surface area contributed by atoms with Crippen molar-refractivity contribution in [1.29, 1.82) is 0 Å². The summed E-state index contributed by atoms with van der Waals surface area (Å²) in [6, 6.07) is 6.53. The Morgan fingerprint density at radius 2 is 2.15 bits per heavy atom. The van der Waals surface area contributed by atoms with Gasteiger partial charge in [0.1, 0.15) is 5.82 Å². The third-order valence-corrected chi connectivity index (χ3v) is 2.49. The maximum absolute atomic E-state index is 11.0. The van der Waals surface area contributed by atoms with Gasteiger partial charge in [0.05, 0.1) is 17.2 Å². The summed E-state index contributed by atoms with van der Waals surface area (Å²) in [6.07, 6.45) is 1.57. The molecule has 2 rings (SSSR count). The lowest BCUT2D eigenvalue weighted by molar-refractivity contribution is -0.384. The average molecular weight is 274 g/mol. The van der Waals surface area contributed by atoms with Crippen molar-refractivity contribution in [2.75, 3.05) is 17.2 Å². The summed E-state index contributed by atoms with van der Waals surface area (Å²) in [5.74, 6) is 0.791. The lowest BCUT2D eigenvalue weighted by atomic mass is 10.3. The lowest BCUT2D eigenvalue weighted by Crippen LogP contribution is -2.08. The van der Waals surface area contributed by atoms with Crippen LogP contribution in [0.25, 0.3) is 0 Å². The predicted molar refractivity (Wildman–Crippen MR) is 74.4 cm³/mol. The van der Waals surface area contributed by atoms with Gasteiger partial charge in [0, 0.05) is 18.8 Å². The van der Waals surface area contributed by atoms with Crippen LogP contribution in [0.1, 0.15) is 12.6 Å². The van der Waals surface area contributed by atoms with Crippen molar-refractivity contribution < 1.29 is 4.92 Å². The van der Waals surface area contributed by atoms with Gasteiger partial charge < -0.3 is 10.6 Å². The molecule has 104 valence electrons. The topological polar surface area (TPSA) is 106 Å². The zero-order valence-electron chi connectivity index (χ0n) is 10.9. The van der Waals surface area contributed by atoms with Crippen molar-refractivity contribution >= 4 is 17.3 Å². The molecular formula is C12H14N6O2. The average Bonchev–Trinajstić information content (AvgIpc) is 2.46. The van der Waals surface area contributed by atoms with Crippen LogP contribution in [0.4, 0.5) is 17.3 Å². The second-order valence-corrected chi connectivity index (χ2v) is 3.92. The Morgan fingerprint density at radius 1 is 1.30 bits per heavy atom. The third kappa shape index (κ3) is 3.37. The van der Waals surface area contributed by atoms with Gasteiger partial charge in [-0.25, -0.2) is 4.98 Å². The number of nitro groups is 1. The van der Waals surface area contributed by atoms with E-state index in [9.17, 15) is 10.1 Å². The summed E-state index contributed by atoms with van der Waals surface area (Å²) in [6.45, 7) is 2.93. The second-order valence-electron chi connectivity index (χ2n) is 3.92. The zero-order valence-corrected chi connectivity index (χ0v) is 10.9. The van der Waals surface area contributed by atoms with Crippen LogP contribution in [0.3, 0.4) is 0 Å². The Hall–Kier alpha value is -2.77. The van der Waals surface area contributed by atoms with Gasteiger partial charge in [0.25, 0.3) is 0 Å². The highest BCUT2D eigenvalue weighted by atomic mass is 16.6. The van der Waals surface area contributed by atoms with E-state index in [1.54, 1.807) is 24.4 Å². The summed E-state index contributed by atoms with van der Waals surface area (Å²) in [5, 5.41) is 24.6. The van der Waals surface area contributed by atoms with Gasteiger partial charge in [-0.2, -0.15) is 10.2 Å². The van der Waals surface area contributed by atoms with Gasteiger partial charge in [-0.05, 0) is 25.1 Å². The SMILES string of the molecule is CCNc1ccc([N+](=O)[O-])c(NCc2cccnn2)n1. The minimum Gasteiger partial charge on any atom is -0.370 e. The molecule has 2 N–H and O–H groups in total. The van der Waals surface area contributed by atoms with Gasteiger partial charge in [-0.3, -0.25) is 10.1 Å². The molecule has 0 saturated carbocycles. The van der Waals surface area contributed by atoms with E-state index in [4.69, 9.17) is 0 Å². The Balaban J connectivity index is 2.19. The molecule has 0 fully saturated rings. The van der Waals surface area contributed by atoms with Crippen molar-refractivity contribution in [3.63, 3.8) is 0 Å². The summed E-state index contributed by atoms with van der Waals surface area (Å²) in [5.41, 5.74) is 0.605. The highest BCUT2D eigenvalue weighted by Gasteiger charge is 2.15. The standard InChI is InChI=1S/C12H14N6O2/c1-2-13-11-6-5-10(18(19)20)12(16-11)14-8-9-4-3-7-15-17-9/h3-7H,2,8H2,1H3,(H2,13,14,16). The van der Waals surface area contributed by atoms with E-state index in [1.807, 2.05) is 6.92 Å². The van der Waals surface area contributed by atoms with E-state index < -0.39 is 4.92 Å². The molecule has 2 aromatic rings. The van der Waals surface area contributed by atoms with Crippen LogP contribution in [-0.4, -0.2) is 26.6 Å². The maximum Gasteiger partial charge on any atom is 0.311 e. The number of anilines is 2. The molecule has 0 atom stereocenters. The van der Waals surface area contributed by atoms with Crippen molar-refractivity contribution in [1.82, 2.24) is 15.2 Å². The highest BCUT2D eigenvalue weighted by molar-refractivity contribution is 5.60. The van der Waals surface area contributed by atoms with E-state index in [0.29, 0.717) is 24.6 Å². The van der Waals surface area contributed by atoms with Crippen LogP contribution in [0.15, 0.2) is 30.5 Å². The normalized spacial score (nSPS) is 10.1. The van der Waals surface area contributed by atoms with E-state index in [-0.39, 0.29) is 11.5 Å². The summed E-state index contributed by atoms with van der Waals surface area (Å²) in [4.78, 5) is 14.7. The quantitative estimate of drug-likeness (QED) is 0.611. The van der Waals surface area contributed by atoms with E-state index in [1.165, 1.54) is 6.07 Å². The molecule has 0 bridgehead atoms. The lowest BCUT2D eigenvalue weighted by Gasteiger charge is -2.08. The highest BCUT2D eigenvalue weighted by Crippen LogP contribution is 2.24. The molecule has 0 amide bonds. The molecule has 2 aromatic heterocycles. The molecule has 0 unspecified atom stereocenters. The molecule has 0 aliphatic rings. The number of nitrogens with zero attached hydrogens (tertiary/aromatic N) is 4. The molecule has 20 heavy (non-hydrogen) atoms. The molecular weight excluding hydrogens is 260 g/mol. The van der Waals surface area contributed by atoms with Crippen molar-refractivity contribution in [3.05, 3.63) is 46.3 Å². The van der Waals surface area contributed by atoms with Crippen LogP contribution in [0, 0.1) is 10.1 Å². The minimum atomic E-state index is -0.471. The third-order valence-electron chi connectivity index (χ3n) is 2.49. The molecule has 0 saturated heterocycles. The molecule has 0 radical (unpaired) electrons. The zero-order chi connectivity index (χ0) is 14.4. The summed E-state index contributed by atoms with van der Waals surface area (Å²) >= 11 is 0. The predicted octanol–water partition coefficient (Wildman–Crippen LogP) is 1.82. The molecule has 8 heteroatoms. The van der Waals surface area contributed by atoms with Crippen molar-refractivity contribution in [2.24, 2.45) is 0 Å². The first-order chi connectivity index (χ1) is 9.70. The smallest absolute Gasteiger partial charge is 0.311 e. The molecule has 8 nitrogen and oxygen atoms in total. The van der Waals surface area contributed by atoms with Crippen molar-refractivity contribution in [3.8, 4) is 0 Å². The second kappa shape index (κ2) is 6.41. The van der Waals surface area contributed by atoms with Crippen LogP contribution >= 0.6 is 0 Å². The fraction of sp³-hybridized carbons (Fsp3) is 0.250. The first-order valence-electron chi connectivity index (χ1n) is 6.10. The Morgan fingerprint density at radius 3 is 2.80 bits per heavy atom. The monoisotopic (exact) mass is 274 g/mol. The van der Waals surface area contributed by atoms with Crippen LogP contribution in [-0.2, 0) is 6.54 Å². The molecule has 0 aliphatic carbocycles. The number of hydrogen-bond donors (Lipinski definition) is 2. The number of nitrogens with one attached hydrogen (secondary N) is 2. The first-order valence-corrected chi connectivity index (χ1v) is 6.10. The fourth-order valence-corrected chi connectivity index (χ4v) is 1.61. The number of aromatic nitrogens is 3.